The lowest BCUT2D eigenvalue weighted by Gasteiger charge is -2.26. The summed E-state index contributed by atoms with van der Waals surface area (Å²) in [6.45, 7) is 5.66. The minimum Gasteiger partial charge on any atom is -0.485 e. The molecule has 1 heterocycles. The first-order valence-corrected chi connectivity index (χ1v) is 7.91. The highest BCUT2D eigenvalue weighted by Crippen LogP contribution is 2.17. The molecule has 0 saturated carbocycles. The summed E-state index contributed by atoms with van der Waals surface area (Å²) in [6, 6.07) is 6.61. The van der Waals surface area contributed by atoms with E-state index in [0.29, 0.717) is 23.0 Å². The van der Waals surface area contributed by atoms with Gasteiger partial charge in [-0.25, -0.2) is 0 Å². The van der Waals surface area contributed by atoms with E-state index in [1.165, 1.54) is 4.90 Å². The molecule has 2 rings (SSSR count). The van der Waals surface area contributed by atoms with Crippen LogP contribution >= 0.6 is 0 Å². The molecule has 1 aromatic carbocycles. The summed E-state index contributed by atoms with van der Waals surface area (Å²) in [5, 5.41) is 12.6. The topological polar surface area (TPSA) is 106 Å². The summed E-state index contributed by atoms with van der Waals surface area (Å²) in [5.74, 6) is 0.186. The van der Waals surface area contributed by atoms with Crippen molar-refractivity contribution in [2.45, 2.75) is 39.8 Å². The molecule has 8 nitrogen and oxygen atoms in total. The standard InChI is InChI=1S/C17H21N3O5/c1-11(2)20(8-7-16(21)22)17(23)13-5-4-6-14(9-13)24-10-15-18-12(3)25-19-15/h4-6,9,11H,7-8,10H2,1-3H3,(H,21,22). The molecule has 0 bridgehead atoms. The number of hydrogen-bond acceptors (Lipinski definition) is 6. The molecule has 0 fully saturated rings. The van der Waals surface area contributed by atoms with Crippen molar-refractivity contribution in [2.75, 3.05) is 6.54 Å². The smallest absolute Gasteiger partial charge is 0.305 e. The Kier molecular flexibility index (Phi) is 6.10. The molecule has 25 heavy (non-hydrogen) atoms. The highest BCUT2D eigenvalue weighted by Gasteiger charge is 2.20. The molecule has 0 aliphatic heterocycles. The minimum absolute atomic E-state index is 0.0999. The molecule has 134 valence electrons. The molecular formula is C17H21N3O5. The SMILES string of the molecule is Cc1nc(COc2cccc(C(=O)N(CCC(=O)O)C(C)C)c2)no1. The molecule has 1 aromatic heterocycles. The lowest BCUT2D eigenvalue weighted by molar-refractivity contribution is -0.137. The summed E-state index contributed by atoms with van der Waals surface area (Å²) in [5.41, 5.74) is 0.431. The van der Waals surface area contributed by atoms with Gasteiger partial charge in [0.25, 0.3) is 5.91 Å². The molecule has 0 aliphatic carbocycles. The van der Waals surface area contributed by atoms with E-state index in [-0.39, 0.29) is 31.5 Å². The van der Waals surface area contributed by atoms with E-state index in [1.54, 1.807) is 31.2 Å². The van der Waals surface area contributed by atoms with Gasteiger partial charge in [-0.05, 0) is 32.0 Å². The van der Waals surface area contributed by atoms with Crippen molar-refractivity contribution in [3.8, 4) is 5.75 Å². The number of aryl methyl sites for hydroxylation is 1. The van der Waals surface area contributed by atoms with Crippen LogP contribution in [0.2, 0.25) is 0 Å². The Hall–Kier alpha value is -2.90. The number of nitrogens with zero attached hydrogens (tertiary/aromatic N) is 3. The fourth-order valence-corrected chi connectivity index (χ4v) is 2.24. The zero-order valence-corrected chi connectivity index (χ0v) is 14.4. The zero-order valence-electron chi connectivity index (χ0n) is 14.4. The van der Waals surface area contributed by atoms with E-state index >= 15 is 0 Å². The zero-order chi connectivity index (χ0) is 18.4. The predicted molar refractivity (Wildman–Crippen MR) is 88.2 cm³/mol. The van der Waals surface area contributed by atoms with Crippen LogP contribution < -0.4 is 4.74 Å². The van der Waals surface area contributed by atoms with Crippen LogP contribution in [-0.4, -0.2) is 44.6 Å². The number of aliphatic carboxylic acids is 1. The molecule has 0 spiro atoms. The van der Waals surface area contributed by atoms with Gasteiger partial charge in [0.15, 0.2) is 6.61 Å². The Morgan fingerprint density at radius 1 is 1.36 bits per heavy atom. The third-order valence-electron chi connectivity index (χ3n) is 3.47. The predicted octanol–water partition coefficient (Wildman–Crippen LogP) is 2.28. The van der Waals surface area contributed by atoms with Crippen molar-refractivity contribution in [3.05, 3.63) is 41.5 Å². The summed E-state index contributed by atoms with van der Waals surface area (Å²) >= 11 is 0. The number of carboxylic acid groups (broad SMARTS) is 1. The summed E-state index contributed by atoms with van der Waals surface area (Å²) in [6.07, 6.45) is -0.0999. The van der Waals surface area contributed by atoms with Gasteiger partial charge in [-0.1, -0.05) is 11.2 Å². The third kappa shape index (κ3) is 5.30. The molecular weight excluding hydrogens is 326 g/mol. The molecule has 8 heteroatoms. The first-order chi connectivity index (χ1) is 11.9. The Bertz CT molecular complexity index is 741. The van der Waals surface area contributed by atoms with Gasteiger partial charge in [0.05, 0.1) is 6.42 Å². The third-order valence-corrected chi connectivity index (χ3v) is 3.47. The number of carbonyl (C=O) groups is 2. The maximum absolute atomic E-state index is 12.7. The van der Waals surface area contributed by atoms with Gasteiger partial charge >= 0.3 is 5.97 Å². The lowest BCUT2D eigenvalue weighted by atomic mass is 10.1. The van der Waals surface area contributed by atoms with Gasteiger partial charge in [-0.2, -0.15) is 4.98 Å². The molecule has 2 aromatic rings. The maximum Gasteiger partial charge on any atom is 0.305 e. The highest BCUT2D eigenvalue weighted by atomic mass is 16.5. The van der Waals surface area contributed by atoms with E-state index in [1.807, 2.05) is 13.8 Å². The largest absolute Gasteiger partial charge is 0.485 e. The van der Waals surface area contributed by atoms with Crippen molar-refractivity contribution in [3.63, 3.8) is 0 Å². The van der Waals surface area contributed by atoms with Gasteiger partial charge in [-0.3, -0.25) is 9.59 Å². The second kappa shape index (κ2) is 8.27. The average Bonchev–Trinajstić information content (AvgIpc) is 2.98. The Labute approximate surface area is 145 Å². The van der Waals surface area contributed by atoms with Crippen molar-refractivity contribution in [1.82, 2.24) is 15.0 Å². The Balaban J connectivity index is 2.07. The average molecular weight is 347 g/mol. The number of carboxylic acids is 1. The van der Waals surface area contributed by atoms with Crippen molar-refractivity contribution >= 4 is 11.9 Å². The monoisotopic (exact) mass is 347 g/mol. The van der Waals surface area contributed by atoms with Gasteiger partial charge < -0.3 is 19.3 Å². The van der Waals surface area contributed by atoms with Gasteiger partial charge in [0.1, 0.15) is 5.75 Å². The van der Waals surface area contributed by atoms with Crippen molar-refractivity contribution in [2.24, 2.45) is 0 Å². The van der Waals surface area contributed by atoms with Crippen LogP contribution in [0.25, 0.3) is 0 Å². The number of aromatic nitrogens is 2. The molecule has 0 radical (unpaired) electrons. The number of amides is 1. The summed E-state index contributed by atoms with van der Waals surface area (Å²) < 4.78 is 10.5. The van der Waals surface area contributed by atoms with Crippen LogP contribution in [0, 0.1) is 6.92 Å². The molecule has 1 N–H and O–H groups in total. The number of benzene rings is 1. The highest BCUT2D eigenvalue weighted by molar-refractivity contribution is 5.95. The van der Waals surface area contributed by atoms with Gasteiger partial charge in [-0.15, -0.1) is 0 Å². The number of carbonyl (C=O) groups excluding carboxylic acids is 1. The second-order valence-corrected chi connectivity index (χ2v) is 5.78. The lowest BCUT2D eigenvalue weighted by Crippen LogP contribution is -2.38. The van der Waals surface area contributed by atoms with Crippen LogP contribution in [0.5, 0.6) is 5.75 Å². The maximum atomic E-state index is 12.7. The second-order valence-electron chi connectivity index (χ2n) is 5.78. The van der Waals surface area contributed by atoms with Crippen LogP contribution in [0.3, 0.4) is 0 Å². The fourth-order valence-electron chi connectivity index (χ4n) is 2.24. The molecule has 0 saturated heterocycles. The Morgan fingerprint density at radius 3 is 2.72 bits per heavy atom. The number of rotatable bonds is 8. The van der Waals surface area contributed by atoms with E-state index in [2.05, 4.69) is 10.1 Å². The van der Waals surface area contributed by atoms with Crippen molar-refractivity contribution in [1.29, 1.82) is 0 Å². The molecule has 0 atom stereocenters. The van der Waals surface area contributed by atoms with E-state index in [0.717, 1.165) is 0 Å². The van der Waals surface area contributed by atoms with E-state index in [4.69, 9.17) is 14.4 Å². The van der Waals surface area contributed by atoms with Gasteiger partial charge in [0.2, 0.25) is 11.7 Å². The molecule has 1 amide bonds. The number of hydrogen-bond donors (Lipinski definition) is 1. The first kappa shape index (κ1) is 18.4. The summed E-state index contributed by atoms with van der Waals surface area (Å²) in [4.78, 5) is 29.0. The van der Waals surface area contributed by atoms with Crippen molar-refractivity contribution < 1.29 is 24.0 Å². The van der Waals surface area contributed by atoms with E-state index < -0.39 is 5.97 Å². The van der Waals surface area contributed by atoms with E-state index in [9.17, 15) is 9.59 Å². The fraction of sp³-hybridized carbons (Fsp3) is 0.412. The minimum atomic E-state index is -0.939. The van der Waals surface area contributed by atoms with Crippen LogP contribution in [0.15, 0.2) is 28.8 Å². The number of ether oxygens (including phenoxy) is 1. The quantitative estimate of drug-likeness (QED) is 0.781. The van der Waals surface area contributed by atoms with Crippen LogP contribution in [-0.2, 0) is 11.4 Å². The normalized spacial score (nSPS) is 10.7. The van der Waals surface area contributed by atoms with Crippen LogP contribution in [0.4, 0.5) is 0 Å². The first-order valence-electron chi connectivity index (χ1n) is 7.91. The van der Waals surface area contributed by atoms with Crippen LogP contribution in [0.1, 0.15) is 42.3 Å². The van der Waals surface area contributed by atoms with Gasteiger partial charge in [0, 0.05) is 25.1 Å². The molecule has 0 unspecified atom stereocenters. The molecule has 0 aliphatic rings. The Morgan fingerprint density at radius 2 is 2.12 bits per heavy atom. The summed E-state index contributed by atoms with van der Waals surface area (Å²) in [7, 11) is 0.